The number of aromatic nitrogens is 1. The van der Waals surface area contributed by atoms with E-state index in [4.69, 9.17) is 11.6 Å². The molecule has 1 aromatic carbocycles. The van der Waals surface area contributed by atoms with Gasteiger partial charge in [0, 0.05) is 25.1 Å². The van der Waals surface area contributed by atoms with Crippen molar-refractivity contribution in [1.29, 1.82) is 0 Å². The number of amides is 2. The summed E-state index contributed by atoms with van der Waals surface area (Å²) in [5.74, 6) is -0.561. The number of halogens is 1. The minimum Gasteiger partial charge on any atom is -0.465 e. The first kappa shape index (κ1) is 17.7. The van der Waals surface area contributed by atoms with Crippen molar-refractivity contribution in [3.8, 4) is 0 Å². The first-order valence-electron chi connectivity index (χ1n) is 7.25. The fourth-order valence-corrected chi connectivity index (χ4v) is 2.32. The summed E-state index contributed by atoms with van der Waals surface area (Å²) in [5, 5.41) is 3.01. The largest absolute Gasteiger partial charge is 0.465 e. The number of nitrogens with one attached hydrogen (secondary N) is 1. The van der Waals surface area contributed by atoms with Crippen LogP contribution in [0.25, 0.3) is 0 Å². The number of benzene rings is 1. The van der Waals surface area contributed by atoms with Crippen molar-refractivity contribution in [2.75, 3.05) is 19.5 Å². The van der Waals surface area contributed by atoms with E-state index in [0.717, 1.165) is 5.56 Å². The molecule has 0 saturated carbocycles. The average molecular weight is 348 g/mol. The Kier molecular flexibility index (Phi) is 5.76. The zero-order valence-electron chi connectivity index (χ0n) is 13.6. The normalized spacial score (nSPS) is 11.5. The van der Waals surface area contributed by atoms with Gasteiger partial charge in [-0.3, -0.25) is 4.98 Å². The van der Waals surface area contributed by atoms with Gasteiger partial charge < -0.3 is 15.0 Å². The molecular weight excluding hydrogens is 330 g/mol. The zero-order chi connectivity index (χ0) is 17.7. The van der Waals surface area contributed by atoms with Crippen molar-refractivity contribution >= 4 is 29.3 Å². The number of rotatable bonds is 4. The number of ether oxygens (including phenoxy) is 1. The van der Waals surface area contributed by atoms with Gasteiger partial charge >= 0.3 is 12.0 Å². The number of anilines is 1. The third kappa shape index (κ3) is 4.02. The van der Waals surface area contributed by atoms with Crippen LogP contribution in [0, 0.1) is 0 Å². The van der Waals surface area contributed by atoms with Gasteiger partial charge in [-0.05, 0) is 42.8 Å². The Hall–Kier alpha value is -2.60. The molecule has 1 aromatic heterocycles. The molecule has 0 fully saturated rings. The number of carbonyl (C=O) groups is 2. The van der Waals surface area contributed by atoms with E-state index in [0.29, 0.717) is 5.69 Å². The molecule has 1 atom stereocenters. The molecule has 0 bridgehead atoms. The molecule has 6 nitrogen and oxygen atoms in total. The van der Waals surface area contributed by atoms with Crippen LogP contribution in [0.4, 0.5) is 10.5 Å². The first-order valence-corrected chi connectivity index (χ1v) is 7.63. The van der Waals surface area contributed by atoms with Crippen LogP contribution in [0.15, 0.2) is 42.7 Å². The molecule has 1 unspecified atom stereocenters. The summed E-state index contributed by atoms with van der Waals surface area (Å²) in [4.78, 5) is 29.6. The second-order valence-electron chi connectivity index (χ2n) is 5.18. The molecule has 2 amide bonds. The van der Waals surface area contributed by atoms with Gasteiger partial charge in [-0.2, -0.15) is 0 Å². The summed E-state index contributed by atoms with van der Waals surface area (Å²) in [5.41, 5.74) is 1.62. The molecule has 1 N–H and O–H groups in total. The number of esters is 1. The van der Waals surface area contributed by atoms with Crippen molar-refractivity contribution in [1.82, 2.24) is 9.88 Å². The lowest BCUT2D eigenvalue weighted by Gasteiger charge is -2.25. The van der Waals surface area contributed by atoms with E-state index in [-0.39, 0.29) is 22.7 Å². The minimum absolute atomic E-state index is 0.139. The van der Waals surface area contributed by atoms with Crippen LogP contribution in [0.1, 0.15) is 28.9 Å². The van der Waals surface area contributed by atoms with Crippen molar-refractivity contribution < 1.29 is 14.3 Å². The molecule has 7 heteroatoms. The van der Waals surface area contributed by atoms with Crippen molar-refractivity contribution in [3.05, 3.63) is 58.9 Å². The number of carbonyl (C=O) groups excluding carboxylic acids is 2. The van der Waals surface area contributed by atoms with E-state index in [9.17, 15) is 9.59 Å². The quantitative estimate of drug-likeness (QED) is 0.855. The van der Waals surface area contributed by atoms with Gasteiger partial charge in [0.15, 0.2) is 0 Å². The molecule has 24 heavy (non-hydrogen) atoms. The van der Waals surface area contributed by atoms with E-state index in [2.05, 4.69) is 15.0 Å². The second-order valence-corrected chi connectivity index (χ2v) is 5.59. The van der Waals surface area contributed by atoms with Gasteiger partial charge in [0.25, 0.3) is 0 Å². The number of nitrogens with zero attached hydrogens (tertiary/aromatic N) is 2. The third-order valence-corrected chi connectivity index (χ3v) is 4.04. The highest BCUT2D eigenvalue weighted by Gasteiger charge is 2.18. The number of methoxy groups -OCH3 is 1. The monoisotopic (exact) mass is 347 g/mol. The SMILES string of the molecule is COC(=O)c1cc(NC(=O)N(C)C(C)c2ccncc2)ccc1Cl. The van der Waals surface area contributed by atoms with Gasteiger partial charge in [0.1, 0.15) is 0 Å². The van der Waals surface area contributed by atoms with Crippen molar-refractivity contribution in [2.45, 2.75) is 13.0 Å². The summed E-state index contributed by atoms with van der Waals surface area (Å²) in [6.45, 7) is 1.91. The van der Waals surface area contributed by atoms with Gasteiger partial charge in [-0.25, -0.2) is 9.59 Å². The van der Waals surface area contributed by atoms with Crippen LogP contribution in [-0.2, 0) is 4.74 Å². The van der Waals surface area contributed by atoms with E-state index >= 15 is 0 Å². The smallest absolute Gasteiger partial charge is 0.339 e. The Labute approximate surface area is 145 Å². The summed E-state index contributed by atoms with van der Waals surface area (Å²) < 4.78 is 4.67. The molecule has 2 aromatic rings. The van der Waals surface area contributed by atoms with Gasteiger partial charge in [0.2, 0.25) is 0 Å². The number of urea groups is 1. The van der Waals surface area contributed by atoms with E-state index < -0.39 is 5.97 Å². The lowest BCUT2D eigenvalue weighted by atomic mass is 10.1. The fraction of sp³-hybridized carbons (Fsp3) is 0.235. The summed E-state index contributed by atoms with van der Waals surface area (Å²) in [6.07, 6.45) is 3.36. The van der Waals surface area contributed by atoms with E-state index in [1.54, 1.807) is 30.4 Å². The molecule has 0 aliphatic rings. The Bertz CT molecular complexity index is 737. The van der Waals surface area contributed by atoms with Crippen LogP contribution < -0.4 is 5.32 Å². The fourth-order valence-electron chi connectivity index (χ4n) is 2.12. The molecular formula is C17H18ClN3O3. The van der Waals surface area contributed by atoms with E-state index in [1.807, 2.05) is 19.1 Å². The topological polar surface area (TPSA) is 71.5 Å². The Morgan fingerprint density at radius 1 is 1.25 bits per heavy atom. The van der Waals surface area contributed by atoms with Gasteiger partial charge in [-0.15, -0.1) is 0 Å². The first-order chi connectivity index (χ1) is 11.4. The van der Waals surface area contributed by atoms with Gasteiger partial charge in [0.05, 0.1) is 23.7 Å². The highest BCUT2D eigenvalue weighted by Crippen LogP contribution is 2.23. The Balaban J connectivity index is 2.13. The Morgan fingerprint density at radius 3 is 2.54 bits per heavy atom. The highest BCUT2D eigenvalue weighted by molar-refractivity contribution is 6.33. The molecule has 0 spiro atoms. The molecule has 0 aliphatic carbocycles. The van der Waals surface area contributed by atoms with Gasteiger partial charge in [-0.1, -0.05) is 11.6 Å². The summed E-state index contributed by atoms with van der Waals surface area (Å²) in [7, 11) is 2.96. The standard InChI is InChI=1S/C17H18ClN3O3/c1-11(12-6-8-19-9-7-12)21(2)17(23)20-13-4-5-15(18)14(10-13)16(22)24-3/h4-11H,1-3H3,(H,20,23). The third-order valence-electron chi connectivity index (χ3n) is 3.71. The van der Waals surface area contributed by atoms with Crippen LogP contribution in [0.5, 0.6) is 0 Å². The molecule has 1 heterocycles. The van der Waals surface area contributed by atoms with Crippen LogP contribution in [0.3, 0.4) is 0 Å². The molecule has 0 aliphatic heterocycles. The maximum Gasteiger partial charge on any atom is 0.339 e. The molecule has 0 saturated heterocycles. The Morgan fingerprint density at radius 2 is 1.92 bits per heavy atom. The predicted octanol–water partition coefficient (Wildman–Crippen LogP) is 3.75. The van der Waals surface area contributed by atoms with Crippen molar-refractivity contribution in [3.63, 3.8) is 0 Å². The van der Waals surface area contributed by atoms with Crippen LogP contribution in [0.2, 0.25) is 5.02 Å². The lowest BCUT2D eigenvalue weighted by Crippen LogP contribution is -2.33. The second kappa shape index (κ2) is 7.79. The van der Waals surface area contributed by atoms with E-state index in [1.165, 1.54) is 19.2 Å². The molecule has 0 radical (unpaired) electrons. The maximum atomic E-state index is 12.4. The number of pyridine rings is 1. The van der Waals surface area contributed by atoms with Crippen LogP contribution >= 0.6 is 11.6 Å². The lowest BCUT2D eigenvalue weighted by molar-refractivity contribution is 0.0601. The van der Waals surface area contributed by atoms with Crippen LogP contribution in [-0.4, -0.2) is 36.0 Å². The summed E-state index contributed by atoms with van der Waals surface area (Å²) >= 11 is 5.97. The highest BCUT2D eigenvalue weighted by atomic mass is 35.5. The number of hydrogen-bond acceptors (Lipinski definition) is 4. The predicted molar refractivity (Wildman–Crippen MR) is 92.2 cm³/mol. The number of hydrogen-bond donors (Lipinski definition) is 1. The molecule has 126 valence electrons. The minimum atomic E-state index is -0.561. The summed E-state index contributed by atoms with van der Waals surface area (Å²) in [6, 6.07) is 7.90. The average Bonchev–Trinajstić information content (AvgIpc) is 2.62. The van der Waals surface area contributed by atoms with Crippen molar-refractivity contribution in [2.24, 2.45) is 0 Å². The molecule has 2 rings (SSSR count). The zero-order valence-corrected chi connectivity index (χ0v) is 14.4. The maximum absolute atomic E-state index is 12.4.